The van der Waals surface area contributed by atoms with Gasteiger partial charge in [-0.15, -0.1) is 11.6 Å². The van der Waals surface area contributed by atoms with Gasteiger partial charge in [0, 0.05) is 0 Å². The Hall–Kier alpha value is -0.750. The zero-order chi connectivity index (χ0) is 11.0. The molecule has 0 radical (unpaired) electrons. The van der Waals surface area contributed by atoms with E-state index in [1.807, 2.05) is 0 Å². The lowest BCUT2D eigenvalue weighted by atomic mass is 9.93. The fourth-order valence-corrected chi connectivity index (χ4v) is 3.48. The number of hydrogen-bond acceptors (Lipinski definition) is 0. The van der Waals surface area contributed by atoms with Crippen molar-refractivity contribution in [3.8, 4) is 0 Å². The molecule has 0 saturated carbocycles. The average Bonchev–Trinajstić information content (AvgIpc) is 2.52. The summed E-state index contributed by atoms with van der Waals surface area (Å²) in [5.74, 6) is 0. The molecule has 0 saturated heterocycles. The fraction of sp³-hybridized carbons (Fsp3) is 0.467. The molecule has 0 aliphatic heterocycles. The van der Waals surface area contributed by atoms with E-state index < -0.39 is 0 Å². The van der Waals surface area contributed by atoms with Crippen LogP contribution in [0.5, 0.6) is 0 Å². The molecule has 2 aliphatic rings. The normalized spacial score (nSPS) is 24.7. The van der Waals surface area contributed by atoms with Crippen LogP contribution < -0.4 is 0 Å². The van der Waals surface area contributed by atoms with E-state index in [9.17, 15) is 0 Å². The van der Waals surface area contributed by atoms with Crippen molar-refractivity contribution in [2.24, 2.45) is 0 Å². The summed E-state index contributed by atoms with van der Waals surface area (Å²) < 4.78 is 0. The zero-order valence-corrected chi connectivity index (χ0v) is 10.3. The first-order chi connectivity index (χ1) is 7.88. The molecule has 1 heteroatoms. The van der Waals surface area contributed by atoms with Crippen LogP contribution in [-0.4, -0.2) is 0 Å². The number of fused-ring (bicyclic) bond motifs is 2. The Balaban J connectivity index is 2.06. The molecular weight excluding hydrogens is 216 g/mol. The molecule has 0 spiro atoms. The van der Waals surface area contributed by atoms with Crippen LogP contribution in [0.1, 0.15) is 55.0 Å². The van der Waals surface area contributed by atoms with Crippen LogP contribution in [0, 0.1) is 0 Å². The highest BCUT2D eigenvalue weighted by Gasteiger charge is 2.28. The number of alkyl halides is 1. The second-order valence-electron chi connectivity index (χ2n) is 4.87. The first-order valence-electron chi connectivity index (χ1n) is 6.33. The summed E-state index contributed by atoms with van der Waals surface area (Å²) in [6, 6.07) is 8.68. The van der Waals surface area contributed by atoms with Gasteiger partial charge in [-0.3, -0.25) is 0 Å². The predicted molar refractivity (Wildman–Crippen MR) is 69.7 cm³/mol. The number of benzene rings is 1. The van der Waals surface area contributed by atoms with Crippen molar-refractivity contribution in [3.63, 3.8) is 0 Å². The maximum Gasteiger partial charge on any atom is 0.0807 e. The Morgan fingerprint density at radius 3 is 2.56 bits per heavy atom. The van der Waals surface area contributed by atoms with Crippen LogP contribution in [0.15, 0.2) is 29.8 Å². The number of allylic oxidation sites excluding steroid dienone is 2. The van der Waals surface area contributed by atoms with E-state index in [2.05, 4.69) is 24.3 Å². The summed E-state index contributed by atoms with van der Waals surface area (Å²) >= 11 is 6.58. The molecule has 0 bridgehead atoms. The molecule has 0 fully saturated rings. The first kappa shape index (κ1) is 10.4. The molecule has 1 aromatic rings. The Kier molecular flexibility index (Phi) is 2.77. The summed E-state index contributed by atoms with van der Waals surface area (Å²) in [5, 5.41) is 0.157. The quantitative estimate of drug-likeness (QED) is 0.547. The maximum atomic E-state index is 6.58. The van der Waals surface area contributed by atoms with Gasteiger partial charge in [0.15, 0.2) is 0 Å². The molecule has 84 valence electrons. The lowest BCUT2D eigenvalue weighted by molar-refractivity contribution is 0.629. The summed E-state index contributed by atoms with van der Waals surface area (Å²) in [6.07, 6.45) is 7.84. The van der Waals surface area contributed by atoms with E-state index in [4.69, 9.17) is 11.6 Å². The number of rotatable bonds is 0. The molecule has 1 aromatic carbocycles. The van der Waals surface area contributed by atoms with Crippen LogP contribution in [-0.2, 0) is 0 Å². The van der Waals surface area contributed by atoms with Gasteiger partial charge < -0.3 is 0 Å². The van der Waals surface area contributed by atoms with Crippen LogP contribution >= 0.6 is 11.6 Å². The van der Waals surface area contributed by atoms with Crippen LogP contribution in [0.4, 0.5) is 0 Å². The minimum Gasteiger partial charge on any atom is -0.113 e. The molecule has 0 unspecified atom stereocenters. The van der Waals surface area contributed by atoms with Crippen molar-refractivity contribution in [1.82, 2.24) is 0 Å². The predicted octanol–water partition coefficient (Wildman–Crippen LogP) is 5.09. The Morgan fingerprint density at radius 1 is 0.938 bits per heavy atom. The van der Waals surface area contributed by atoms with Gasteiger partial charge in [-0.2, -0.15) is 0 Å². The van der Waals surface area contributed by atoms with Crippen LogP contribution in [0.25, 0.3) is 5.57 Å². The smallest absolute Gasteiger partial charge is 0.0807 e. The Morgan fingerprint density at radius 2 is 1.69 bits per heavy atom. The third-order valence-electron chi connectivity index (χ3n) is 3.88. The molecule has 0 aromatic heterocycles. The van der Waals surface area contributed by atoms with E-state index in [0.717, 1.165) is 0 Å². The highest BCUT2D eigenvalue weighted by Crippen LogP contribution is 2.48. The minimum absolute atomic E-state index is 0.157. The van der Waals surface area contributed by atoms with Gasteiger partial charge >= 0.3 is 0 Å². The van der Waals surface area contributed by atoms with Crippen molar-refractivity contribution in [2.45, 2.75) is 43.9 Å². The van der Waals surface area contributed by atoms with E-state index in [-0.39, 0.29) is 5.38 Å². The van der Waals surface area contributed by atoms with Gasteiger partial charge in [-0.05, 0) is 48.0 Å². The fourth-order valence-electron chi connectivity index (χ4n) is 3.05. The zero-order valence-electron chi connectivity index (χ0n) is 9.51. The topological polar surface area (TPSA) is 0 Å². The summed E-state index contributed by atoms with van der Waals surface area (Å²) in [7, 11) is 0. The van der Waals surface area contributed by atoms with Crippen LogP contribution in [0.2, 0.25) is 0 Å². The standard InChI is InChI=1S/C15H17Cl/c16-15-13-9-4-2-1-3-7-11(13)12-8-5-6-10-14(12)15/h5-6,8,10,15H,1-4,7,9H2/t15-/m1/s1. The molecule has 0 nitrogen and oxygen atoms in total. The highest BCUT2D eigenvalue weighted by molar-refractivity contribution is 6.24. The third kappa shape index (κ3) is 1.60. The largest absolute Gasteiger partial charge is 0.113 e. The van der Waals surface area contributed by atoms with E-state index in [0.29, 0.717) is 0 Å². The number of halogens is 1. The van der Waals surface area contributed by atoms with Crippen molar-refractivity contribution < 1.29 is 0 Å². The lowest BCUT2D eigenvalue weighted by Gasteiger charge is -2.14. The van der Waals surface area contributed by atoms with Gasteiger partial charge in [-0.25, -0.2) is 0 Å². The van der Waals surface area contributed by atoms with Crippen molar-refractivity contribution in [1.29, 1.82) is 0 Å². The van der Waals surface area contributed by atoms with Crippen molar-refractivity contribution in [2.75, 3.05) is 0 Å². The minimum atomic E-state index is 0.157. The monoisotopic (exact) mass is 232 g/mol. The highest BCUT2D eigenvalue weighted by atomic mass is 35.5. The summed E-state index contributed by atoms with van der Waals surface area (Å²) in [5.41, 5.74) is 5.85. The Bertz CT molecular complexity index is 431. The molecule has 0 amide bonds. The molecule has 16 heavy (non-hydrogen) atoms. The van der Waals surface area contributed by atoms with Gasteiger partial charge in [0.2, 0.25) is 0 Å². The molecule has 3 rings (SSSR count). The second-order valence-corrected chi connectivity index (χ2v) is 5.30. The third-order valence-corrected chi connectivity index (χ3v) is 4.37. The molecule has 2 aliphatic carbocycles. The molecule has 0 N–H and O–H groups in total. The average molecular weight is 233 g/mol. The van der Waals surface area contributed by atoms with Gasteiger partial charge in [0.1, 0.15) is 0 Å². The summed E-state index contributed by atoms with van der Waals surface area (Å²) in [4.78, 5) is 0. The van der Waals surface area contributed by atoms with Gasteiger partial charge in [0.25, 0.3) is 0 Å². The Labute approximate surface area is 102 Å². The second kappa shape index (κ2) is 4.25. The molecule has 1 atom stereocenters. The van der Waals surface area contributed by atoms with E-state index in [1.54, 1.807) is 5.57 Å². The van der Waals surface area contributed by atoms with Crippen molar-refractivity contribution >= 4 is 17.2 Å². The van der Waals surface area contributed by atoms with Crippen molar-refractivity contribution in [3.05, 3.63) is 41.0 Å². The van der Waals surface area contributed by atoms with E-state index in [1.165, 1.54) is 55.2 Å². The van der Waals surface area contributed by atoms with Gasteiger partial charge in [-0.1, -0.05) is 37.1 Å². The van der Waals surface area contributed by atoms with E-state index >= 15 is 0 Å². The molecular formula is C15H17Cl. The summed E-state index contributed by atoms with van der Waals surface area (Å²) in [6.45, 7) is 0. The lowest BCUT2D eigenvalue weighted by Crippen LogP contribution is -1.94. The first-order valence-corrected chi connectivity index (χ1v) is 6.77. The van der Waals surface area contributed by atoms with Crippen LogP contribution in [0.3, 0.4) is 0 Å². The maximum absolute atomic E-state index is 6.58. The van der Waals surface area contributed by atoms with Gasteiger partial charge in [0.05, 0.1) is 5.38 Å². The molecule has 0 heterocycles. The SMILES string of the molecule is Cl[C@@H]1C2=C(CCCCCC2)c2ccccc21. The number of hydrogen-bond donors (Lipinski definition) is 0.